The van der Waals surface area contributed by atoms with Gasteiger partial charge in [0, 0.05) is 28.8 Å². The summed E-state index contributed by atoms with van der Waals surface area (Å²) in [6, 6.07) is 16.0. The third-order valence-electron chi connectivity index (χ3n) is 6.14. The van der Waals surface area contributed by atoms with Gasteiger partial charge in [-0.25, -0.2) is 9.97 Å². The summed E-state index contributed by atoms with van der Waals surface area (Å²) in [7, 11) is 1.99. The second kappa shape index (κ2) is 9.11. The fourth-order valence-corrected chi connectivity index (χ4v) is 5.79. The first-order valence-corrected chi connectivity index (χ1v) is 13.0. The van der Waals surface area contributed by atoms with Crippen LogP contribution in [0, 0.1) is 6.92 Å². The first-order chi connectivity index (χ1) is 17.0. The van der Waals surface area contributed by atoms with Crippen molar-refractivity contribution in [3.63, 3.8) is 0 Å². The summed E-state index contributed by atoms with van der Waals surface area (Å²) < 4.78 is 9.36. The van der Waals surface area contributed by atoms with Crippen molar-refractivity contribution < 1.29 is 9.53 Å². The number of ketones is 1. The van der Waals surface area contributed by atoms with Crippen molar-refractivity contribution in [1.82, 2.24) is 14.5 Å². The number of hydrogen-bond acceptors (Lipinski definition) is 5. The van der Waals surface area contributed by atoms with E-state index in [4.69, 9.17) is 21.3 Å². The summed E-state index contributed by atoms with van der Waals surface area (Å²) in [5, 5.41) is 1.56. The van der Waals surface area contributed by atoms with Crippen molar-refractivity contribution in [3.8, 4) is 21.7 Å². The fourth-order valence-electron chi connectivity index (χ4n) is 4.54. The summed E-state index contributed by atoms with van der Waals surface area (Å²) in [6.07, 6.45) is 1.12. The van der Waals surface area contributed by atoms with E-state index in [-0.39, 0.29) is 5.78 Å². The molecule has 0 radical (unpaired) electrons. The number of ether oxygens (including phenoxy) is 1. The maximum Gasteiger partial charge on any atom is 0.163 e. The Labute approximate surface area is 219 Å². The van der Waals surface area contributed by atoms with E-state index in [0.29, 0.717) is 5.02 Å². The van der Waals surface area contributed by atoms with Gasteiger partial charge in [0.25, 0.3) is 0 Å². The smallest absolute Gasteiger partial charge is 0.163 e. The zero-order chi connectivity index (χ0) is 25.8. The Morgan fingerprint density at radius 3 is 2.42 bits per heavy atom. The molecule has 0 aliphatic carbocycles. The predicted octanol–water partition coefficient (Wildman–Crippen LogP) is 7.92. The van der Waals surface area contributed by atoms with Gasteiger partial charge in [0.1, 0.15) is 11.1 Å². The van der Waals surface area contributed by atoms with Gasteiger partial charge in [0.15, 0.2) is 5.78 Å². The second-order valence-corrected chi connectivity index (χ2v) is 11.6. The number of hydrogen-bond donors (Lipinski definition) is 0. The molecular formula is C29H28ClN3O2S. The van der Waals surface area contributed by atoms with Crippen LogP contribution >= 0.6 is 22.9 Å². The molecule has 0 N–H and O–H groups in total. The van der Waals surface area contributed by atoms with Gasteiger partial charge in [-0.15, -0.1) is 11.3 Å². The van der Waals surface area contributed by atoms with Crippen LogP contribution in [0.4, 0.5) is 0 Å². The number of Topliss-reactive ketones (excluding diaryl/α,β-unsaturated/α-hetero) is 1. The third kappa shape index (κ3) is 4.57. The number of aromatic nitrogens is 3. The molecule has 36 heavy (non-hydrogen) atoms. The highest BCUT2D eigenvalue weighted by atomic mass is 35.5. The number of thiazole rings is 1. The summed E-state index contributed by atoms with van der Waals surface area (Å²) in [5.41, 5.74) is 7.19. The van der Waals surface area contributed by atoms with Crippen molar-refractivity contribution in [2.45, 2.75) is 46.3 Å². The van der Waals surface area contributed by atoms with Crippen LogP contribution in [0.1, 0.15) is 44.9 Å². The number of aryl methyl sites for hydroxylation is 2. The van der Waals surface area contributed by atoms with Gasteiger partial charge in [-0.1, -0.05) is 23.7 Å². The quantitative estimate of drug-likeness (QED) is 0.237. The maximum absolute atomic E-state index is 12.9. The van der Waals surface area contributed by atoms with Gasteiger partial charge in [0.2, 0.25) is 0 Å². The molecule has 184 valence electrons. The minimum Gasteiger partial charge on any atom is -0.360 e. The summed E-state index contributed by atoms with van der Waals surface area (Å²) in [5.74, 6) is -0.0343. The molecule has 0 unspecified atom stereocenters. The largest absolute Gasteiger partial charge is 0.360 e. The molecule has 5 aromatic rings. The van der Waals surface area contributed by atoms with Crippen LogP contribution in [0.15, 0.2) is 54.9 Å². The van der Waals surface area contributed by atoms with Gasteiger partial charge in [-0.2, -0.15) is 0 Å². The van der Waals surface area contributed by atoms with Crippen LogP contribution in [0.5, 0.6) is 0 Å². The van der Waals surface area contributed by atoms with E-state index >= 15 is 0 Å². The summed E-state index contributed by atoms with van der Waals surface area (Å²) in [4.78, 5) is 22.5. The molecular weight excluding hydrogens is 490 g/mol. The topological polar surface area (TPSA) is 57.0 Å². The molecule has 0 aliphatic rings. The van der Waals surface area contributed by atoms with E-state index in [1.165, 1.54) is 0 Å². The monoisotopic (exact) mass is 517 g/mol. The molecule has 5 nitrogen and oxygen atoms in total. The molecule has 0 amide bonds. The first-order valence-electron chi connectivity index (χ1n) is 11.8. The minimum atomic E-state index is -0.699. The molecule has 0 spiro atoms. The van der Waals surface area contributed by atoms with Crippen molar-refractivity contribution in [1.29, 1.82) is 0 Å². The van der Waals surface area contributed by atoms with E-state index in [2.05, 4.69) is 29.2 Å². The zero-order valence-corrected chi connectivity index (χ0v) is 22.8. The fraction of sp³-hybridized carbons (Fsp3) is 0.276. The molecule has 7 heteroatoms. The Balaban J connectivity index is 1.78. The highest BCUT2D eigenvalue weighted by Crippen LogP contribution is 2.44. The van der Waals surface area contributed by atoms with Gasteiger partial charge in [-0.3, -0.25) is 4.79 Å². The molecule has 0 aliphatic heterocycles. The lowest BCUT2D eigenvalue weighted by Gasteiger charge is -2.29. The highest BCUT2D eigenvalue weighted by Gasteiger charge is 2.30. The van der Waals surface area contributed by atoms with Crippen LogP contribution < -0.4 is 0 Å². The summed E-state index contributed by atoms with van der Waals surface area (Å²) >= 11 is 7.84. The maximum atomic E-state index is 12.9. The molecule has 2 aromatic heterocycles. The number of carbonyl (C=O) groups is 1. The molecule has 0 bridgehead atoms. The van der Waals surface area contributed by atoms with Crippen molar-refractivity contribution in [3.05, 3.63) is 71.0 Å². The van der Waals surface area contributed by atoms with E-state index < -0.39 is 11.7 Å². The van der Waals surface area contributed by atoms with Gasteiger partial charge < -0.3 is 9.30 Å². The highest BCUT2D eigenvalue weighted by molar-refractivity contribution is 7.22. The second-order valence-electron chi connectivity index (χ2n) is 10.1. The van der Waals surface area contributed by atoms with Crippen LogP contribution in [0.25, 0.3) is 42.9 Å². The zero-order valence-electron chi connectivity index (χ0n) is 21.2. The van der Waals surface area contributed by atoms with E-state index in [1.807, 2.05) is 69.9 Å². The van der Waals surface area contributed by atoms with Crippen molar-refractivity contribution in [2.75, 3.05) is 0 Å². The average molecular weight is 518 g/mol. The molecule has 2 heterocycles. The molecule has 0 fully saturated rings. The normalized spacial score (nSPS) is 13.0. The lowest BCUT2D eigenvalue weighted by molar-refractivity contribution is -0.138. The van der Waals surface area contributed by atoms with Crippen molar-refractivity contribution in [2.24, 2.45) is 7.05 Å². The standard InChI is InChI=1S/C29H28ClN3O2S/c1-16-13-22-27(36-28(32-22)19-9-12-23-21(14-19)31-15-33(23)6)25(18-7-10-20(30)11-8-18)24(16)26(17(2)34)35-29(3,4)5/h7-15,26H,1-6H3/t26-/m1/s1. The summed E-state index contributed by atoms with van der Waals surface area (Å²) in [6.45, 7) is 9.52. The number of benzene rings is 3. The lowest BCUT2D eigenvalue weighted by Crippen LogP contribution is -2.27. The lowest BCUT2D eigenvalue weighted by atomic mass is 9.90. The Bertz CT molecular complexity index is 1610. The number of carbonyl (C=O) groups excluding carboxylic acids is 1. The number of fused-ring (bicyclic) bond motifs is 2. The predicted molar refractivity (Wildman–Crippen MR) is 149 cm³/mol. The Kier molecular flexibility index (Phi) is 6.23. The number of halogens is 1. The van der Waals surface area contributed by atoms with Crippen LogP contribution in [0.2, 0.25) is 5.02 Å². The molecule has 0 saturated heterocycles. The van der Waals surface area contributed by atoms with Crippen LogP contribution in [-0.2, 0) is 16.6 Å². The molecule has 1 atom stereocenters. The Morgan fingerprint density at radius 1 is 1.06 bits per heavy atom. The van der Waals surface area contributed by atoms with Crippen molar-refractivity contribution >= 4 is 50.0 Å². The SMILES string of the molecule is CC(=O)[C@@H](OC(C)(C)C)c1c(C)cc2nc(-c3ccc4c(c3)ncn4C)sc2c1-c1ccc(Cl)cc1. The molecule has 0 saturated carbocycles. The Morgan fingerprint density at radius 2 is 1.75 bits per heavy atom. The van der Waals surface area contributed by atoms with E-state index in [1.54, 1.807) is 18.3 Å². The van der Waals surface area contributed by atoms with E-state index in [9.17, 15) is 4.79 Å². The minimum absolute atomic E-state index is 0.0343. The first kappa shape index (κ1) is 24.6. The van der Waals surface area contributed by atoms with Crippen LogP contribution in [0.3, 0.4) is 0 Å². The molecule has 3 aromatic carbocycles. The number of imidazole rings is 1. The van der Waals surface area contributed by atoms with Gasteiger partial charge in [-0.05, 0) is 82.1 Å². The van der Waals surface area contributed by atoms with Gasteiger partial charge in [0.05, 0.1) is 33.2 Å². The number of nitrogens with zero attached hydrogens (tertiary/aromatic N) is 3. The Hall–Kier alpha value is -3.06. The van der Waals surface area contributed by atoms with Gasteiger partial charge >= 0.3 is 0 Å². The van der Waals surface area contributed by atoms with E-state index in [0.717, 1.165) is 54.1 Å². The average Bonchev–Trinajstić information content (AvgIpc) is 3.40. The number of rotatable bonds is 5. The van der Waals surface area contributed by atoms with Crippen LogP contribution in [-0.4, -0.2) is 25.9 Å². The molecule has 5 rings (SSSR count). The third-order valence-corrected chi connectivity index (χ3v) is 7.53.